The second-order valence-electron chi connectivity index (χ2n) is 8.01. The van der Waals surface area contributed by atoms with Gasteiger partial charge < -0.3 is 14.5 Å². The van der Waals surface area contributed by atoms with E-state index in [4.69, 9.17) is 4.74 Å². The smallest absolute Gasteiger partial charge is 0.222 e. The molecule has 0 N–H and O–H groups in total. The number of amides is 1. The van der Waals surface area contributed by atoms with Gasteiger partial charge in [0.25, 0.3) is 0 Å². The van der Waals surface area contributed by atoms with Gasteiger partial charge in [-0.05, 0) is 60.2 Å². The molecule has 4 heteroatoms. The molecule has 0 aliphatic carbocycles. The molecule has 1 aliphatic rings. The Morgan fingerprint density at radius 1 is 1.11 bits per heavy atom. The van der Waals surface area contributed by atoms with E-state index >= 15 is 0 Å². The van der Waals surface area contributed by atoms with E-state index in [1.54, 1.807) is 7.11 Å². The Bertz CT molecular complexity index is 789. The zero-order chi connectivity index (χ0) is 19.9. The van der Waals surface area contributed by atoms with Gasteiger partial charge in [-0.3, -0.25) is 4.79 Å². The van der Waals surface area contributed by atoms with Crippen molar-refractivity contribution >= 4 is 16.7 Å². The van der Waals surface area contributed by atoms with Crippen LogP contribution in [0.2, 0.25) is 0 Å². The predicted molar refractivity (Wildman–Crippen MR) is 116 cm³/mol. The summed E-state index contributed by atoms with van der Waals surface area (Å²) >= 11 is 0. The van der Waals surface area contributed by atoms with Gasteiger partial charge in [-0.15, -0.1) is 0 Å². The average molecular weight is 383 g/mol. The van der Waals surface area contributed by atoms with Crippen molar-refractivity contribution in [3.05, 3.63) is 42.0 Å². The van der Waals surface area contributed by atoms with Crippen molar-refractivity contribution in [2.45, 2.75) is 45.4 Å². The fourth-order valence-corrected chi connectivity index (χ4v) is 4.14. The van der Waals surface area contributed by atoms with E-state index in [1.807, 2.05) is 6.07 Å². The summed E-state index contributed by atoms with van der Waals surface area (Å²) in [6.45, 7) is 9.40. The normalized spacial score (nSPS) is 16.0. The van der Waals surface area contributed by atoms with Crippen molar-refractivity contribution in [2.24, 2.45) is 0 Å². The summed E-state index contributed by atoms with van der Waals surface area (Å²) in [7, 11) is 1.71. The van der Waals surface area contributed by atoms with Crippen molar-refractivity contribution in [3.63, 3.8) is 0 Å². The van der Waals surface area contributed by atoms with Crippen LogP contribution >= 0.6 is 0 Å². The highest BCUT2D eigenvalue weighted by atomic mass is 16.5. The number of fused-ring (bicyclic) bond motifs is 1. The Morgan fingerprint density at radius 3 is 2.64 bits per heavy atom. The molecular formula is C24H34N2O2. The van der Waals surface area contributed by atoms with Crippen LogP contribution in [0.1, 0.15) is 51.0 Å². The van der Waals surface area contributed by atoms with Crippen LogP contribution in [0.25, 0.3) is 10.8 Å². The molecular weight excluding hydrogens is 348 g/mol. The average Bonchev–Trinajstić information content (AvgIpc) is 2.72. The van der Waals surface area contributed by atoms with Crippen molar-refractivity contribution in [3.8, 4) is 5.75 Å². The van der Waals surface area contributed by atoms with Gasteiger partial charge in [0.2, 0.25) is 5.91 Å². The minimum Gasteiger partial charge on any atom is -0.497 e. The van der Waals surface area contributed by atoms with Gasteiger partial charge in [-0.2, -0.15) is 0 Å². The Balaban J connectivity index is 1.63. The number of carbonyl (C=O) groups is 1. The van der Waals surface area contributed by atoms with Gasteiger partial charge in [-0.1, -0.05) is 38.1 Å². The maximum Gasteiger partial charge on any atom is 0.222 e. The first-order valence-electron chi connectivity index (χ1n) is 10.7. The molecule has 28 heavy (non-hydrogen) atoms. The van der Waals surface area contributed by atoms with Gasteiger partial charge in [0.15, 0.2) is 0 Å². The zero-order valence-corrected chi connectivity index (χ0v) is 17.6. The maximum absolute atomic E-state index is 12.1. The van der Waals surface area contributed by atoms with E-state index in [-0.39, 0.29) is 0 Å². The Labute approximate surface area is 169 Å². The summed E-state index contributed by atoms with van der Waals surface area (Å²) in [5.74, 6) is 1.69. The molecule has 0 bridgehead atoms. The highest BCUT2D eigenvalue weighted by molar-refractivity contribution is 5.84. The maximum atomic E-state index is 12.1. The van der Waals surface area contributed by atoms with Crippen LogP contribution in [0.3, 0.4) is 0 Å². The highest BCUT2D eigenvalue weighted by Crippen LogP contribution is 2.25. The lowest BCUT2D eigenvalue weighted by Gasteiger charge is -2.31. The molecule has 1 aliphatic heterocycles. The van der Waals surface area contributed by atoms with Crippen LogP contribution in [0.4, 0.5) is 0 Å². The van der Waals surface area contributed by atoms with Crippen molar-refractivity contribution in [1.29, 1.82) is 0 Å². The number of ether oxygens (including phenoxy) is 1. The van der Waals surface area contributed by atoms with Crippen molar-refractivity contribution in [1.82, 2.24) is 9.80 Å². The minimum absolute atomic E-state index is 0.334. The molecule has 4 nitrogen and oxygen atoms in total. The van der Waals surface area contributed by atoms with Gasteiger partial charge >= 0.3 is 0 Å². The van der Waals surface area contributed by atoms with Crippen LogP contribution in [0, 0.1) is 0 Å². The van der Waals surface area contributed by atoms with Crippen LogP contribution in [0.15, 0.2) is 36.4 Å². The molecule has 0 spiro atoms. The first kappa shape index (κ1) is 20.7. The number of hydrogen-bond acceptors (Lipinski definition) is 3. The van der Waals surface area contributed by atoms with Crippen molar-refractivity contribution < 1.29 is 9.53 Å². The fourth-order valence-electron chi connectivity index (χ4n) is 4.14. The predicted octanol–water partition coefficient (Wildman–Crippen LogP) is 4.68. The van der Waals surface area contributed by atoms with Crippen LogP contribution in [-0.4, -0.2) is 55.5 Å². The van der Waals surface area contributed by atoms with E-state index in [0.29, 0.717) is 11.8 Å². The molecule has 1 atom stereocenters. The molecule has 0 saturated carbocycles. The first-order chi connectivity index (χ1) is 13.6. The SMILES string of the molecule is CCCN(CCN1CCCCC1=O)CC(C)c1ccc2cc(OC)ccc2c1. The third kappa shape index (κ3) is 5.26. The summed E-state index contributed by atoms with van der Waals surface area (Å²) in [4.78, 5) is 16.7. The van der Waals surface area contributed by atoms with E-state index in [1.165, 1.54) is 16.3 Å². The molecule has 1 amide bonds. The van der Waals surface area contributed by atoms with Gasteiger partial charge in [0.1, 0.15) is 5.75 Å². The van der Waals surface area contributed by atoms with E-state index < -0.39 is 0 Å². The number of likely N-dealkylation sites (tertiary alicyclic amines) is 1. The molecule has 2 aromatic rings. The number of carbonyl (C=O) groups excluding carboxylic acids is 1. The Kier molecular flexibility index (Phi) is 7.32. The third-order valence-electron chi connectivity index (χ3n) is 5.82. The Hall–Kier alpha value is -2.07. The van der Waals surface area contributed by atoms with Crippen LogP contribution in [-0.2, 0) is 4.79 Å². The molecule has 0 radical (unpaired) electrons. The number of hydrogen-bond donors (Lipinski definition) is 0. The zero-order valence-electron chi connectivity index (χ0n) is 17.6. The fraction of sp³-hybridized carbons (Fsp3) is 0.542. The summed E-state index contributed by atoms with van der Waals surface area (Å²) in [6, 6.07) is 13.0. The minimum atomic E-state index is 0.334. The van der Waals surface area contributed by atoms with E-state index in [9.17, 15) is 4.79 Å². The number of piperidine rings is 1. The molecule has 3 rings (SSSR count). The van der Waals surface area contributed by atoms with Crippen molar-refractivity contribution in [2.75, 3.05) is 39.8 Å². The quantitative estimate of drug-likeness (QED) is 0.631. The molecule has 1 fully saturated rings. The summed E-state index contributed by atoms with van der Waals surface area (Å²) in [6.07, 6.45) is 4.07. The van der Waals surface area contributed by atoms with E-state index in [0.717, 1.165) is 64.2 Å². The molecule has 2 aromatic carbocycles. The van der Waals surface area contributed by atoms with E-state index in [2.05, 4.69) is 54.0 Å². The molecule has 152 valence electrons. The largest absolute Gasteiger partial charge is 0.497 e. The van der Waals surface area contributed by atoms with Crippen LogP contribution < -0.4 is 4.74 Å². The number of rotatable bonds is 9. The topological polar surface area (TPSA) is 32.8 Å². The Morgan fingerprint density at radius 2 is 1.89 bits per heavy atom. The summed E-state index contributed by atoms with van der Waals surface area (Å²) < 4.78 is 5.33. The molecule has 1 unspecified atom stereocenters. The molecule has 0 aromatic heterocycles. The molecule has 1 saturated heterocycles. The third-order valence-corrected chi connectivity index (χ3v) is 5.82. The lowest BCUT2D eigenvalue weighted by Crippen LogP contribution is -2.42. The standard InChI is InChI=1S/C24H34N2O2/c1-4-12-25(14-15-26-13-6-5-7-24(26)27)18-19(2)20-8-9-22-17-23(28-3)11-10-21(22)16-20/h8-11,16-17,19H,4-7,12-15,18H2,1-3H3. The number of benzene rings is 2. The second kappa shape index (κ2) is 9.92. The monoisotopic (exact) mass is 382 g/mol. The first-order valence-corrected chi connectivity index (χ1v) is 10.7. The second-order valence-corrected chi connectivity index (χ2v) is 8.01. The number of nitrogens with zero attached hydrogens (tertiary/aromatic N) is 2. The summed E-state index contributed by atoms with van der Waals surface area (Å²) in [5, 5.41) is 2.47. The highest BCUT2D eigenvalue weighted by Gasteiger charge is 2.19. The lowest BCUT2D eigenvalue weighted by molar-refractivity contribution is -0.133. The lowest BCUT2D eigenvalue weighted by atomic mass is 9.97. The van der Waals surface area contributed by atoms with Gasteiger partial charge in [0.05, 0.1) is 7.11 Å². The van der Waals surface area contributed by atoms with Gasteiger partial charge in [-0.25, -0.2) is 0 Å². The van der Waals surface area contributed by atoms with Crippen LogP contribution in [0.5, 0.6) is 5.75 Å². The summed E-state index contributed by atoms with van der Waals surface area (Å²) in [5.41, 5.74) is 1.37. The van der Waals surface area contributed by atoms with Gasteiger partial charge in [0, 0.05) is 32.6 Å². The molecule has 1 heterocycles. The number of methoxy groups -OCH3 is 1.